The van der Waals surface area contributed by atoms with Gasteiger partial charge in [-0.2, -0.15) is 0 Å². The molecule has 0 fully saturated rings. The fourth-order valence-electron chi connectivity index (χ4n) is 2.07. The van der Waals surface area contributed by atoms with Crippen molar-refractivity contribution in [2.24, 2.45) is 0 Å². The predicted octanol–water partition coefficient (Wildman–Crippen LogP) is 2.79. The number of nitrogens with one attached hydrogen (secondary N) is 2. The Kier molecular flexibility index (Phi) is 6.65. The van der Waals surface area contributed by atoms with Crippen LogP contribution in [0.15, 0.2) is 42.5 Å². The van der Waals surface area contributed by atoms with E-state index in [-0.39, 0.29) is 19.1 Å². The van der Waals surface area contributed by atoms with Crippen molar-refractivity contribution < 1.29 is 19.1 Å². The Labute approximate surface area is 151 Å². The van der Waals surface area contributed by atoms with Crippen LogP contribution in [0.2, 0.25) is 5.02 Å². The van der Waals surface area contributed by atoms with E-state index in [4.69, 9.17) is 21.1 Å². The topological polar surface area (TPSA) is 76.7 Å². The first-order valence-corrected chi connectivity index (χ1v) is 7.96. The Hall–Kier alpha value is -2.73. The number of anilines is 1. The van der Waals surface area contributed by atoms with Crippen molar-refractivity contribution in [1.29, 1.82) is 0 Å². The van der Waals surface area contributed by atoms with Gasteiger partial charge >= 0.3 is 0 Å². The van der Waals surface area contributed by atoms with Crippen molar-refractivity contribution in [3.05, 3.63) is 53.1 Å². The maximum atomic E-state index is 11.9. The standard InChI is InChI=1S/C18H19ClN2O4/c1-12-9-13(19)7-8-14(12)21-17(22)10-20-18(23)11-25-16-6-4-3-5-15(16)24-2/h3-9H,10-11H2,1-2H3,(H,20,23)(H,21,22). The zero-order valence-corrected chi connectivity index (χ0v) is 14.7. The molecule has 0 saturated heterocycles. The van der Waals surface area contributed by atoms with Crippen LogP contribution >= 0.6 is 11.6 Å². The molecule has 0 unspecified atom stereocenters. The van der Waals surface area contributed by atoms with E-state index in [2.05, 4.69) is 10.6 Å². The zero-order valence-electron chi connectivity index (χ0n) is 14.0. The van der Waals surface area contributed by atoms with Crippen molar-refractivity contribution in [3.63, 3.8) is 0 Å². The van der Waals surface area contributed by atoms with Crippen molar-refractivity contribution in [3.8, 4) is 11.5 Å². The average Bonchev–Trinajstić information content (AvgIpc) is 2.60. The summed E-state index contributed by atoms with van der Waals surface area (Å²) in [4.78, 5) is 23.7. The van der Waals surface area contributed by atoms with Crippen LogP contribution in [-0.4, -0.2) is 32.1 Å². The SMILES string of the molecule is COc1ccccc1OCC(=O)NCC(=O)Nc1ccc(Cl)cc1C. The van der Waals surface area contributed by atoms with Crippen LogP contribution in [0.25, 0.3) is 0 Å². The molecule has 0 spiro atoms. The number of rotatable bonds is 7. The molecule has 6 nitrogen and oxygen atoms in total. The second-order valence-corrected chi connectivity index (χ2v) is 5.66. The molecule has 0 aliphatic heterocycles. The number of halogens is 1. The third-order valence-corrected chi connectivity index (χ3v) is 3.57. The van der Waals surface area contributed by atoms with Crippen molar-refractivity contribution >= 4 is 29.1 Å². The highest BCUT2D eigenvalue weighted by Crippen LogP contribution is 2.25. The molecule has 25 heavy (non-hydrogen) atoms. The van der Waals surface area contributed by atoms with E-state index in [0.717, 1.165) is 5.56 Å². The molecular weight excluding hydrogens is 344 g/mol. The van der Waals surface area contributed by atoms with E-state index in [1.54, 1.807) is 42.5 Å². The number of aryl methyl sites for hydroxylation is 1. The highest BCUT2D eigenvalue weighted by atomic mass is 35.5. The number of carbonyl (C=O) groups excluding carboxylic acids is 2. The third kappa shape index (κ3) is 5.69. The highest BCUT2D eigenvalue weighted by Gasteiger charge is 2.10. The number of ether oxygens (including phenoxy) is 2. The molecule has 0 saturated carbocycles. The molecule has 2 rings (SSSR count). The largest absolute Gasteiger partial charge is 0.493 e. The monoisotopic (exact) mass is 362 g/mol. The number of para-hydroxylation sites is 2. The number of amides is 2. The smallest absolute Gasteiger partial charge is 0.258 e. The van der Waals surface area contributed by atoms with Gasteiger partial charge in [-0.05, 0) is 42.8 Å². The summed E-state index contributed by atoms with van der Waals surface area (Å²) in [5, 5.41) is 5.80. The molecule has 0 heterocycles. The quantitative estimate of drug-likeness (QED) is 0.794. The van der Waals surface area contributed by atoms with E-state index in [9.17, 15) is 9.59 Å². The lowest BCUT2D eigenvalue weighted by atomic mass is 10.2. The predicted molar refractivity (Wildman–Crippen MR) is 96.3 cm³/mol. The minimum Gasteiger partial charge on any atom is -0.493 e. The Balaban J connectivity index is 1.78. The Bertz CT molecular complexity index is 764. The lowest BCUT2D eigenvalue weighted by molar-refractivity contribution is -0.125. The molecule has 2 amide bonds. The molecule has 0 aromatic heterocycles. The van der Waals surface area contributed by atoms with E-state index < -0.39 is 5.91 Å². The van der Waals surface area contributed by atoms with E-state index in [1.807, 2.05) is 6.92 Å². The van der Waals surface area contributed by atoms with Crippen molar-refractivity contribution in [2.45, 2.75) is 6.92 Å². The number of methoxy groups -OCH3 is 1. The van der Waals surface area contributed by atoms with Gasteiger partial charge in [0.2, 0.25) is 5.91 Å². The normalized spacial score (nSPS) is 10.0. The Morgan fingerprint density at radius 2 is 1.80 bits per heavy atom. The molecule has 0 aliphatic carbocycles. The Morgan fingerprint density at radius 1 is 1.08 bits per heavy atom. The van der Waals surface area contributed by atoms with Gasteiger partial charge in [0.1, 0.15) is 0 Å². The zero-order chi connectivity index (χ0) is 18.2. The molecule has 2 N–H and O–H groups in total. The second kappa shape index (κ2) is 8.94. The van der Waals surface area contributed by atoms with Crippen LogP contribution in [0.4, 0.5) is 5.69 Å². The Morgan fingerprint density at radius 3 is 2.48 bits per heavy atom. The summed E-state index contributed by atoms with van der Waals surface area (Å²) in [6, 6.07) is 12.1. The summed E-state index contributed by atoms with van der Waals surface area (Å²) < 4.78 is 10.5. The number of hydrogen-bond acceptors (Lipinski definition) is 4. The number of hydrogen-bond donors (Lipinski definition) is 2. The molecule has 0 bridgehead atoms. The van der Waals surface area contributed by atoms with Gasteiger partial charge in [-0.3, -0.25) is 9.59 Å². The summed E-state index contributed by atoms with van der Waals surface area (Å²) >= 11 is 5.87. The van der Waals surface area contributed by atoms with Crippen LogP contribution in [0, 0.1) is 6.92 Å². The van der Waals surface area contributed by atoms with E-state index >= 15 is 0 Å². The molecule has 0 atom stereocenters. The maximum Gasteiger partial charge on any atom is 0.258 e. The second-order valence-electron chi connectivity index (χ2n) is 5.22. The van der Waals surface area contributed by atoms with E-state index in [0.29, 0.717) is 22.2 Å². The van der Waals surface area contributed by atoms with Crippen molar-refractivity contribution in [2.75, 3.05) is 25.6 Å². The van der Waals surface area contributed by atoms with Crippen molar-refractivity contribution in [1.82, 2.24) is 5.32 Å². The summed E-state index contributed by atoms with van der Waals surface area (Å²) in [6.45, 7) is 1.46. The van der Waals surface area contributed by atoms with Gasteiger partial charge in [0.05, 0.1) is 13.7 Å². The molecule has 0 aliphatic rings. The fourth-order valence-corrected chi connectivity index (χ4v) is 2.30. The number of carbonyl (C=O) groups is 2. The lowest BCUT2D eigenvalue weighted by Crippen LogP contribution is -2.35. The molecular formula is C18H19ClN2O4. The first-order valence-electron chi connectivity index (χ1n) is 7.58. The first kappa shape index (κ1) is 18.6. The van der Waals surface area contributed by atoms with Gasteiger partial charge in [-0.25, -0.2) is 0 Å². The maximum absolute atomic E-state index is 11.9. The van der Waals surface area contributed by atoms with Crippen LogP contribution in [-0.2, 0) is 9.59 Å². The first-order chi connectivity index (χ1) is 12.0. The molecule has 0 radical (unpaired) electrons. The van der Waals surface area contributed by atoms with Gasteiger partial charge in [0.25, 0.3) is 5.91 Å². The van der Waals surface area contributed by atoms with Gasteiger partial charge < -0.3 is 20.1 Å². The third-order valence-electron chi connectivity index (χ3n) is 3.34. The number of benzene rings is 2. The average molecular weight is 363 g/mol. The van der Waals surface area contributed by atoms with Gasteiger partial charge in [0, 0.05) is 10.7 Å². The molecule has 7 heteroatoms. The summed E-state index contributed by atoms with van der Waals surface area (Å²) in [7, 11) is 1.52. The summed E-state index contributed by atoms with van der Waals surface area (Å²) in [5.41, 5.74) is 1.49. The minimum absolute atomic E-state index is 0.157. The van der Waals surface area contributed by atoms with Crippen LogP contribution < -0.4 is 20.1 Å². The van der Waals surface area contributed by atoms with Crippen LogP contribution in [0.3, 0.4) is 0 Å². The molecule has 2 aromatic carbocycles. The highest BCUT2D eigenvalue weighted by molar-refractivity contribution is 6.30. The molecule has 2 aromatic rings. The fraction of sp³-hybridized carbons (Fsp3) is 0.222. The van der Waals surface area contributed by atoms with Gasteiger partial charge in [-0.1, -0.05) is 23.7 Å². The molecule has 132 valence electrons. The van der Waals surface area contributed by atoms with Gasteiger partial charge in [-0.15, -0.1) is 0 Å². The van der Waals surface area contributed by atoms with E-state index in [1.165, 1.54) is 7.11 Å². The summed E-state index contributed by atoms with van der Waals surface area (Å²) in [5.74, 6) is 0.248. The van der Waals surface area contributed by atoms with Crippen LogP contribution in [0.5, 0.6) is 11.5 Å². The lowest BCUT2D eigenvalue weighted by Gasteiger charge is -2.11. The summed E-state index contributed by atoms with van der Waals surface area (Å²) in [6.07, 6.45) is 0. The minimum atomic E-state index is -0.408. The van der Waals surface area contributed by atoms with Gasteiger partial charge in [0.15, 0.2) is 18.1 Å². The van der Waals surface area contributed by atoms with Crippen LogP contribution in [0.1, 0.15) is 5.56 Å².